The summed E-state index contributed by atoms with van der Waals surface area (Å²) >= 11 is 3.41. The molecule has 0 saturated heterocycles. The molecule has 7 heteroatoms. The fraction of sp³-hybridized carbons (Fsp3) is 0. The molecule has 0 fully saturated rings. The zero-order valence-electron chi connectivity index (χ0n) is 24.9. The first-order valence-electron chi connectivity index (χ1n) is 15.2. The first-order valence-corrected chi connectivity index (χ1v) is 16.8. The highest BCUT2D eigenvalue weighted by atomic mass is 32.1. The molecule has 0 saturated carbocycles. The molecular weight excluding hydrogens is 617 g/mol. The number of nitrogens with zero attached hydrogens (tertiary/aromatic N) is 4. The minimum absolute atomic E-state index is 0.647. The second-order valence-corrected chi connectivity index (χ2v) is 13.4. The van der Waals surface area contributed by atoms with Gasteiger partial charge in [-0.15, -0.1) is 22.7 Å². The molecule has 4 aromatic carbocycles. The van der Waals surface area contributed by atoms with E-state index in [9.17, 15) is 0 Å². The Kier molecular flexibility index (Phi) is 6.77. The molecule has 0 aliphatic rings. The summed E-state index contributed by atoms with van der Waals surface area (Å²) in [5.74, 6) is 0. The van der Waals surface area contributed by atoms with Crippen molar-refractivity contribution in [3.63, 3.8) is 0 Å². The van der Waals surface area contributed by atoms with E-state index in [1.807, 2.05) is 12.1 Å². The third-order valence-electron chi connectivity index (χ3n) is 8.34. The number of rotatable bonds is 6. The third-order valence-corrected chi connectivity index (χ3v) is 10.6. The molecule has 9 rings (SSSR count). The van der Waals surface area contributed by atoms with Crippen LogP contribution in [0.3, 0.4) is 0 Å². The summed E-state index contributed by atoms with van der Waals surface area (Å²) in [5, 5.41) is 13.7. The highest BCUT2D eigenvalue weighted by Crippen LogP contribution is 2.43. The van der Waals surface area contributed by atoms with E-state index in [4.69, 9.17) is 9.61 Å². The van der Waals surface area contributed by atoms with Crippen LogP contribution in [-0.2, 0) is 0 Å². The number of fused-ring (bicyclic) bond motifs is 3. The maximum Gasteiger partial charge on any atom is 0.163 e. The van der Waals surface area contributed by atoms with Crippen LogP contribution in [0.25, 0.3) is 86.6 Å². The van der Waals surface area contributed by atoms with E-state index in [0.29, 0.717) is 11.0 Å². The predicted molar refractivity (Wildman–Crippen MR) is 195 cm³/mol. The van der Waals surface area contributed by atoms with Crippen LogP contribution < -0.4 is 0 Å². The van der Waals surface area contributed by atoms with Crippen molar-refractivity contribution in [3.05, 3.63) is 145 Å². The van der Waals surface area contributed by atoms with Crippen molar-refractivity contribution in [3.8, 4) is 41.9 Å². The predicted octanol–water partition coefficient (Wildman–Crippen LogP) is 11.3. The minimum Gasteiger partial charge on any atom is -0.265 e. The van der Waals surface area contributed by atoms with Crippen LogP contribution in [0.4, 0.5) is 0 Å². The van der Waals surface area contributed by atoms with Crippen molar-refractivity contribution in [1.82, 2.24) is 20.3 Å². The molecule has 0 amide bonds. The molecule has 0 N–H and O–H groups in total. The zero-order chi connectivity index (χ0) is 31.2. The highest BCUT2D eigenvalue weighted by Gasteiger charge is 2.22. The van der Waals surface area contributed by atoms with E-state index in [0.717, 1.165) is 37.1 Å². The van der Waals surface area contributed by atoms with E-state index >= 15 is 0 Å². The smallest absolute Gasteiger partial charge is 0.163 e. The zero-order valence-corrected chi connectivity index (χ0v) is 26.5. The minimum atomic E-state index is 0.647. The Bertz CT molecular complexity index is 2600. The molecule has 0 spiro atoms. The van der Waals surface area contributed by atoms with E-state index in [-0.39, 0.29) is 0 Å². The largest absolute Gasteiger partial charge is 0.265 e. The molecule has 5 nitrogen and oxygen atoms in total. The summed E-state index contributed by atoms with van der Waals surface area (Å²) in [5.41, 5.74) is 7.17. The normalized spacial score (nSPS) is 11.7. The molecule has 0 aliphatic heterocycles. The maximum atomic E-state index is 5.42. The summed E-state index contributed by atoms with van der Waals surface area (Å²) < 4.78 is 5.42. The number of benzene rings is 4. The number of thiophene rings is 2. The van der Waals surface area contributed by atoms with Gasteiger partial charge in [0, 0.05) is 32.6 Å². The molecule has 0 aliphatic carbocycles. The molecule has 0 radical (unpaired) electrons. The third kappa shape index (κ3) is 5.12. The molecule has 47 heavy (non-hydrogen) atoms. The van der Waals surface area contributed by atoms with Crippen molar-refractivity contribution in [2.75, 3.05) is 0 Å². The first-order chi connectivity index (χ1) is 23.3. The summed E-state index contributed by atoms with van der Waals surface area (Å²) in [6.45, 7) is 0. The fourth-order valence-corrected chi connectivity index (χ4v) is 8.03. The second-order valence-electron chi connectivity index (χ2n) is 11.2. The number of hydrogen-bond donors (Lipinski definition) is 0. The van der Waals surface area contributed by atoms with Gasteiger partial charge in [-0.25, -0.2) is 9.61 Å². The molecule has 0 bridgehead atoms. The average Bonchev–Trinajstić information content (AvgIpc) is 3.92. The van der Waals surface area contributed by atoms with Crippen molar-refractivity contribution in [2.24, 2.45) is 0 Å². The Hall–Kier alpha value is -5.76. The number of aromatic nitrogens is 4. The molecule has 5 aromatic heterocycles. The Morgan fingerprint density at radius 1 is 0.511 bits per heavy atom. The maximum absolute atomic E-state index is 5.42. The van der Waals surface area contributed by atoms with Crippen LogP contribution >= 0.6 is 22.7 Å². The topological polar surface area (TPSA) is 64.7 Å². The quantitative estimate of drug-likeness (QED) is 0.181. The number of hydrogen-bond acceptors (Lipinski definition) is 7. The van der Waals surface area contributed by atoms with Gasteiger partial charge in [0.05, 0.1) is 10.6 Å². The van der Waals surface area contributed by atoms with Crippen LogP contribution in [0.5, 0.6) is 0 Å². The van der Waals surface area contributed by atoms with E-state index in [1.165, 1.54) is 37.5 Å². The summed E-state index contributed by atoms with van der Waals surface area (Å²) in [4.78, 5) is 13.8. The Morgan fingerprint density at radius 3 is 1.77 bits per heavy atom. The van der Waals surface area contributed by atoms with Crippen LogP contribution in [0.15, 0.2) is 138 Å². The van der Waals surface area contributed by atoms with Crippen LogP contribution in [0.2, 0.25) is 0 Å². The SMILES string of the molecule is C(=Cc1nc(-c2ccc(-c3ccc4ccccc4c3)s2)c2nonc2c1-c1ccc(-c2ccc3ccccc3c2)s1)c1ccncc1. The summed E-state index contributed by atoms with van der Waals surface area (Å²) in [6.07, 6.45) is 7.69. The van der Waals surface area contributed by atoms with Gasteiger partial charge >= 0.3 is 0 Å². The molecule has 222 valence electrons. The highest BCUT2D eigenvalue weighted by molar-refractivity contribution is 7.19. The lowest BCUT2D eigenvalue weighted by molar-refractivity contribution is 0.315. The number of pyridine rings is 2. The Labute approximate surface area is 278 Å². The van der Waals surface area contributed by atoms with E-state index < -0.39 is 0 Å². The first kappa shape index (κ1) is 27.5. The van der Waals surface area contributed by atoms with Gasteiger partial charge in [0.2, 0.25) is 0 Å². The molecule has 9 aromatic rings. The second kappa shape index (κ2) is 11.6. The fourth-order valence-electron chi connectivity index (χ4n) is 5.98. The van der Waals surface area contributed by atoms with Crippen molar-refractivity contribution >= 4 is 67.4 Å². The molecular formula is C40H24N4OS2. The monoisotopic (exact) mass is 640 g/mol. The molecule has 0 atom stereocenters. The van der Waals surface area contributed by atoms with Crippen LogP contribution in [0, 0.1) is 0 Å². The van der Waals surface area contributed by atoms with Gasteiger partial charge in [0.25, 0.3) is 0 Å². The van der Waals surface area contributed by atoms with Crippen molar-refractivity contribution in [2.45, 2.75) is 0 Å². The van der Waals surface area contributed by atoms with Gasteiger partial charge in [0.15, 0.2) is 5.52 Å². The van der Waals surface area contributed by atoms with Crippen molar-refractivity contribution in [1.29, 1.82) is 0 Å². The summed E-state index contributed by atoms with van der Waals surface area (Å²) in [7, 11) is 0. The summed E-state index contributed by atoms with van der Waals surface area (Å²) in [6, 6.07) is 42.6. The van der Waals surface area contributed by atoms with E-state index in [1.54, 1.807) is 35.1 Å². The van der Waals surface area contributed by atoms with Crippen LogP contribution in [-0.4, -0.2) is 20.3 Å². The van der Waals surface area contributed by atoms with Gasteiger partial charge in [-0.05, 0) is 103 Å². The van der Waals surface area contributed by atoms with Gasteiger partial charge in [-0.2, -0.15) is 0 Å². The van der Waals surface area contributed by atoms with Gasteiger partial charge < -0.3 is 0 Å². The average molecular weight is 641 g/mol. The molecule has 0 unspecified atom stereocenters. The lowest BCUT2D eigenvalue weighted by atomic mass is 10.1. The Morgan fingerprint density at radius 2 is 1.09 bits per heavy atom. The lowest BCUT2D eigenvalue weighted by Crippen LogP contribution is -1.93. The standard InChI is InChI=1S/C40H24N4OS2/c1-3-7-28-23-30(12-10-26(28)5-1)33-15-17-35(46-33)37-32(14-9-25-19-21-41-22-20-25)42-38(40-39(37)43-45-44-40)36-18-16-34(47-36)31-13-11-27-6-2-4-8-29(27)24-31/h1-24H. The van der Waals surface area contributed by atoms with Gasteiger partial charge in [0.1, 0.15) is 11.2 Å². The lowest BCUT2D eigenvalue weighted by Gasteiger charge is -2.08. The Balaban J connectivity index is 1.18. The van der Waals surface area contributed by atoms with Crippen molar-refractivity contribution < 1.29 is 4.63 Å². The van der Waals surface area contributed by atoms with Gasteiger partial charge in [-0.3, -0.25) is 4.98 Å². The van der Waals surface area contributed by atoms with Gasteiger partial charge in [-0.1, -0.05) is 78.9 Å². The van der Waals surface area contributed by atoms with E-state index in [2.05, 4.69) is 137 Å². The molecule has 5 heterocycles. The van der Waals surface area contributed by atoms with Crippen LogP contribution in [0.1, 0.15) is 11.3 Å².